The largest absolute Gasteiger partial charge is 0.486 e. The van der Waals surface area contributed by atoms with E-state index in [0.717, 1.165) is 6.07 Å². The van der Waals surface area contributed by atoms with E-state index in [2.05, 4.69) is 10.1 Å². The van der Waals surface area contributed by atoms with Crippen molar-refractivity contribution in [3.63, 3.8) is 0 Å². The van der Waals surface area contributed by atoms with Crippen molar-refractivity contribution in [2.75, 3.05) is 19.8 Å². The number of aromatic nitrogens is 3. The predicted molar refractivity (Wildman–Crippen MR) is 88.1 cm³/mol. The van der Waals surface area contributed by atoms with Crippen molar-refractivity contribution in [1.29, 1.82) is 0 Å². The Hall–Kier alpha value is -3.43. The van der Waals surface area contributed by atoms with Gasteiger partial charge in [-0.1, -0.05) is 0 Å². The van der Waals surface area contributed by atoms with Crippen LogP contribution in [0.2, 0.25) is 0 Å². The van der Waals surface area contributed by atoms with Gasteiger partial charge >= 0.3 is 5.97 Å². The summed E-state index contributed by atoms with van der Waals surface area (Å²) in [7, 11) is 0. The number of carbonyl (C=O) groups is 1. The molecule has 0 spiro atoms. The molecule has 1 aromatic carbocycles. The van der Waals surface area contributed by atoms with E-state index in [1.165, 1.54) is 12.1 Å². The van der Waals surface area contributed by atoms with E-state index in [0.29, 0.717) is 4.52 Å². The number of carbonyl (C=O) groups excluding carboxylic acids is 1. The Morgan fingerprint density at radius 2 is 2.11 bits per heavy atom. The van der Waals surface area contributed by atoms with E-state index in [-0.39, 0.29) is 48.1 Å². The summed E-state index contributed by atoms with van der Waals surface area (Å²) in [6.45, 7) is 2.11. The fourth-order valence-corrected chi connectivity index (χ4v) is 2.79. The minimum Gasteiger partial charge on any atom is -0.486 e. The number of ether oxygens (including phenoxy) is 3. The molecule has 0 unspecified atom stereocenters. The molecule has 4 rings (SSSR count). The molecule has 10 heteroatoms. The van der Waals surface area contributed by atoms with Gasteiger partial charge in [-0.3, -0.25) is 4.79 Å². The molecule has 0 fully saturated rings. The zero-order valence-electron chi connectivity index (χ0n) is 14.0. The molecule has 0 saturated heterocycles. The van der Waals surface area contributed by atoms with Crippen LogP contribution in [-0.4, -0.2) is 40.4 Å². The van der Waals surface area contributed by atoms with Crippen molar-refractivity contribution in [1.82, 2.24) is 14.6 Å². The molecule has 0 aliphatic carbocycles. The summed E-state index contributed by atoms with van der Waals surface area (Å²) in [5, 5.41) is 3.76. The topological polar surface area (TPSA) is 94.9 Å². The van der Waals surface area contributed by atoms with Gasteiger partial charge < -0.3 is 19.2 Å². The molecule has 3 heterocycles. The Morgan fingerprint density at radius 3 is 2.89 bits per heavy atom. The highest BCUT2D eigenvalue weighted by atomic mass is 19.1. The number of H-pyrrole nitrogens is 1. The van der Waals surface area contributed by atoms with Crippen LogP contribution in [0.25, 0.3) is 16.8 Å². The van der Waals surface area contributed by atoms with Gasteiger partial charge in [-0.05, 0) is 19.1 Å². The third-order valence-corrected chi connectivity index (χ3v) is 3.97. The summed E-state index contributed by atoms with van der Waals surface area (Å²) in [5.41, 5.74) is -1.86. The first-order valence-corrected chi connectivity index (χ1v) is 8.08. The highest BCUT2D eigenvalue weighted by Crippen LogP contribution is 2.38. The molecule has 1 aliphatic rings. The second-order valence-corrected chi connectivity index (χ2v) is 5.62. The van der Waals surface area contributed by atoms with Gasteiger partial charge in [0.15, 0.2) is 23.0 Å². The third-order valence-electron chi connectivity index (χ3n) is 3.97. The van der Waals surface area contributed by atoms with Crippen molar-refractivity contribution in [3.8, 4) is 22.8 Å². The number of aromatic amines is 1. The van der Waals surface area contributed by atoms with Crippen LogP contribution in [0.5, 0.6) is 11.5 Å². The number of esters is 1. The number of rotatable bonds is 3. The Kier molecular flexibility index (Phi) is 4.02. The Morgan fingerprint density at radius 1 is 1.33 bits per heavy atom. The highest BCUT2D eigenvalue weighted by molar-refractivity contribution is 5.88. The summed E-state index contributed by atoms with van der Waals surface area (Å²) in [6.07, 6.45) is 0. The van der Waals surface area contributed by atoms with Crippen molar-refractivity contribution in [3.05, 3.63) is 46.0 Å². The number of fused-ring (bicyclic) bond motifs is 2. The van der Waals surface area contributed by atoms with Gasteiger partial charge in [0.1, 0.15) is 24.4 Å². The first-order valence-electron chi connectivity index (χ1n) is 8.08. The first kappa shape index (κ1) is 17.0. The first-order chi connectivity index (χ1) is 13.0. The number of hydrogen-bond donors (Lipinski definition) is 1. The molecule has 1 aliphatic heterocycles. The van der Waals surface area contributed by atoms with Crippen LogP contribution in [0.4, 0.5) is 8.78 Å². The summed E-state index contributed by atoms with van der Waals surface area (Å²) in [6, 6.07) is 3.78. The maximum atomic E-state index is 14.9. The molecule has 3 aromatic rings. The number of nitrogens with one attached hydrogen (secondary N) is 1. The van der Waals surface area contributed by atoms with Crippen LogP contribution in [-0.2, 0) is 4.74 Å². The maximum absolute atomic E-state index is 14.9. The van der Waals surface area contributed by atoms with Crippen LogP contribution in [0.3, 0.4) is 0 Å². The van der Waals surface area contributed by atoms with Crippen LogP contribution in [0.15, 0.2) is 23.0 Å². The highest BCUT2D eigenvalue weighted by Gasteiger charge is 2.25. The lowest BCUT2D eigenvalue weighted by atomic mass is 10.1. The van der Waals surface area contributed by atoms with E-state index in [4.69, 9.17) is 14.2 Å². The molecular formula is C17H13F2N3O5. The molecule has 0 amide bonds. The van der Waals surface area contributed by atoms with Crippen LogP contribution < -0.4 is 15.0 Å². The fraction of sp³-hybridized carbons (Fsp3) is 0.235. The summed E-state index contributed by atoms with van der Waals surface area (Å²) >= 11 is 0. The Balaban J connectivity index is 1.90. The van der Waals surface area contributed by atoms with Crippen molar-refractivity contribution < 1.29 is 27.8 Å². The van der Waals surface area contributed by atoms with Crippen LogP contribution in [0.1, 0.15) is 17.4 Å². The second-order valence-electron chi connectivity index (χ2n) is 5.62. The molecule has 140 valence electrons. The monoisotopic (exact) mass is 377 g/mol. The molecule has 0 bridgehead atoms. The molecular weight excluding hydrogens is 364 g/mol. The van der Waals surface area contributed by atoms with E-state index < -0.39 is 29.0 Å². The number of hydrogen-bond acceptors (Lipinski definition) is 6. The minimum absolute atomic E-state index is 0.0964. The summed E-state index contributed by atoms with van der Waals surface area (Å²) in [4.78, 5) is 26.4. The number of nitrogens with zero attached hydrogens (tertiary/aromatic N) is 2. The van der Waals surface area contributed by atoms with E-state index in [9.17, 15) is 18.4 Å². The lowest BCUT2D eigenvalue weighted by molar-refractivity contribution is 0.0519. The standard InChI is InChI=1S/C17H13F2N3O5/c1-2-25-17(24)9-7-10-16(23)20-13(15(19)22(10)21-9)8-3-4-11-14(12(8)18)27-6-5-26-11/h3-4,7H,2,5-6H2,1H3,(H,20,23). The van der Waals surface area contributed by atoms with Crippen LogP contribution >= 0.6 is 0 Å². The zero-order valence-corrected chi connectivity index (χ0v) is 14.0. The Labute approximate surface area is 150 Å². The van der Waals surface area contributed by atoms with Gasteiger partial charge in [0.2, 0.25) is 5.95 Å². The van der Waals surface area contributed by atoms with E-state index in [1.807, 2.05) is 0 Å². The van der Waals surface area contributed by atoms with Gasteiger partial charge in [-0.2, -0.15) is 14.0 Å². The molecule has 0 saturated carbocycles. The average Bonchev–Trinajstić information content (AvgIpc) is 3.12. The van der Waals surface area contributed by atoms with E-state index >= 15 is 0 Å². The third kappa shape index (κ3) is 2.69. The zero-order chi connectivity index (χ0) is 19.1. The van der Waals surface area contributed by atoms with Gasteiger partial charge in [-0.15, -0.1) is 0 Å². The van der Waals surface area contributed by atoms with E-state index in [1.54, 1.807) is 6.92 Å². The lowest BCUT2D eigenvalue weighted by Gasteiger charge is -2.20. The quantitative estimate of drug-likeness (QED) is 0.701. The average molecular weight is 377 g/mol. The van der Waals surface area contributed by atoms with Gasteiger partial charge in [0.25, 0.3) is 5.56 Å². The Bertz CT molecular complexity index is 1120. The smallest absolute Gasteiger partial charge is 0.358 e. The van der Waals surface area contributed by atoms with Crippen LogP contribution in [0, 0.1) is 11.8 Å². The minimum atomic E-state index is -1.05. The second kappa shape index (κ2) is 6.38. The maximum Gasteiger partial charge on any atom is 0.358 e. The van der Waals surface area contributed by atoms with Crippen molar-refractivity contribution in [2.45, 2.75) is 6.92 Å². The van der Waals surface area contributed by atoms with Crippen molar-refractivity contribution in [2.24, 2.45) is 0 Å². The molecule has 0 radical (unpaired) electrons. The number of halogens is 2. The molecule has 2 aromatic heterocycles. The number of benzene rings is 1. The van der Waals surface area contributed by atoms with Gasteiger partial charge in [0, 0.05) is 11.6 Å². The normalized spacial score (nSPS) is 13.0. The van der Waals surface area contributed by atoms with Crippen molar-refractivity contribution >= 4 is 11.5 Å². The summed E-state index contributed by atoms with van der Waals surface area (Å²) < 4.78 is 45.7. The molecule has 8 nitrogen and oxygen atoms in total. The molecule has 1 N–H and O–H groups in total. The predicted octanol–water partition coefficient (Wildman–Crippen LogP) is 1.92. The van der Waals surface area contributed by atoms with Gasteiger partial charge in [0.05, 0.1) is 6.61 Å². The fourth-order valence-electron chi connectivity index (χ4n) is 2.79. The molecule has 0 atom stereocenters. The SMILES string of the molecule is CCOC(=O)c1cc2c(=O)[nH]c(-c3ccc4c(c3F)OCCO4)c(F)n2n1. The molecule has 27 heavy (non-hydrogen) atoms. The lowest BCUT2D eigenvalue weighted by Crippen LogP contribution is -2.18. The van der Waals surface area contributed by atoms with Gasteiger partial charge in [-0.25, -0.2) is 9.18 Å². The summed E-state index contributed by atoms with van der Waals surface area (Å²) in [5.74, 6) is -2.69.